The second-order valence-electron chi connectivity index (χ2n) is 5.52. The molecule has 116 valence electrons. The minimum absolute atomic E-state index is 0.641. The molecule has 0 radical (unpaired) electrons. The molecule has 0 unspecified atom stereocenters. The third kappa shape index (κ3) is 2.76. The number of thiazole rings is 1. The van der Waals surface area contributed by atoms with E-state index in [0.29, 0.717) is 13.2 Å². The minimum atomic E-state index is 0.641. The van der Waals surface area contributed by atoms with Crippen molar-refractivity contribution in [3.63, 3.8) is 0 Å². The molecule has 3 heterocycles. The summed E-state index contributed by atoms with van der Waals surface area (Å²) in [6, 6.07) is 6.17. The second-order valence-corrected chi connectivity index (χ2v) is 6.39. The molecular weight excluding hydrogens is 298 g/mol. The number of fused-ring (bicyclic) bond motifs is 1. The molecule has 2 aromatic rings. The molecule has 0 aliphatic carbocycles. The highest BCUT2D eigenvalue weighted by atomic mass is 32.1. The molecule has 1 aromatic carbocycles. The Morgan fingerprint density at radius 1 is 1.09 bits per heavy atom. The van der Waals surface area contributed by atoms with E-state index in [0.717, 1.165) is 49.4 Å². The van der Waals surface area contributed by atoms with Crippen LogP contribution in [0.4, 0.5) is 5.13 Å². The number of benzene rings is 1. The standard InChI is InChI=1S/C16H19N3O2S/c1-2-13(15-14(3-1)20-9-10-21-15)12-18-5-7-19(8-6-18)16-17-4-11-22-16/h1-4,11H,5-10,12H2. The third-order valence-corrected chi connectivity index (χ3v) is 4.94. The van der Waals surface area contributed by atoms with Crippen LogP contribution >= 0.6 is 11.3 Å². The van der Waals surface area contributed by atoms with Crippen LogP contribution in [0.1, 0.15) is 5.56 Å². The average Bonchev–Trinajstić information content (AvgIpc) is 3.10. The number of anilines is 1. The summed E-state index contributed by atoms with van der Waals surface area (Å²) in [4.78, 5) is 9.23. The monoisotopic (exact) mass is 317 g/mol. The first kappa shape index (κ1) is 13.8. The second kappa shape index (κ2) is 6.14. The molecule has 2 aliphatic rings. The summed E-state index contributed by atoms with van der Waals surface area (Å²) in [5.74, 6) is 1.81. The Morgan fingerprint density at radius 3 is 2.77 bits per heavy atom. The molecule has 22 heavy (non-hydrogen) atoms. The van der Waals surface area contributed by atoms with E-state index in [1.165, 1.54) is 5.56 Å². The Kier molecular flexibility index (Phi) is 3.86. The van der Waals surface area contributed by atoms with E-state index in [9.17, 15) is 0 Å². The fourth-order valence-electron chi connectivity index (χ4n) is 2.97. The van der Waals surface area contributed by atoms with Crippen LogP contribution in [-0.4, -0.2) is 49.3 Å². The largest absolute Gasteiger partial charge is 0.486 e. The van der Waals surface area contributed by atoms with Gasteiger partial charge in [-0.3, -0.25) is 4.90 Å². The lowest BCUT2D eigenvalue weighted by Crippen LogP contribution is -2.46. The van der Waals surface area contributed by atoms with Crippen LogP contribution < -0.4 is 14.4 Å². The molecular formula is C16H19N3O2S. The van der Waals surface area contributed by atoms with Gasteiger partial charge in [0.25, 0.3) is 0 Å². The van der Waals surface area contributed by atoms with Gasteiger partial charge in [-0.1, -0.05) is 12.1 Å². The number of rotatable bonds is 3. The minimum Gasteiger partial charge on any atom is -0.486 e. The van der Waals surface area contributed by atoms with Crippen molar-refractivity contribution in [3.8, 4) is 11.5 Å². The Balaban J connectivity index is 1.41. The van der Waals surface area contributed by atoms with E-state index in [4.69, 9.17) is 9.47 Å². The van der Waals surface area contributed by atoms with Crippen LogP contribution in [0, 0.1) is 0 Å². The molecule has 0 amide bonds. The van der Waals surface area contributed by atoms with E-state index in [2.05, 4.69) is 26.9 Å². The van der Waals surface area contributed by atoms with Gasteiger partial charge in [0, 0.05) is 49.9 Å². The highest BCUT2D eigenvalue weighted by molar-refractivity contribution is 7.13. The van der Waals surface area contributed by atoms with E-state index in [1.54, 1.807) is 11.3 Å². The normalized spacial score (nSPS) is 18.5. The van der Waals surface area contributed by atoms with Crippen molar-refractivity contribution < 1.29 is 9.47 Å². The van der Waals surface area contributed by atoms with Gasteiger partial charge < -0.3 is 14.4 Å². The zero-order chi connectivity index (χ0) is 14.8. The van der Waals surface area contributed by atoms with Crippen molar-refractivity contribution in [2.75, 3.05) is 44.3 Å². The topological polar surface area (TPSA) is 37.8 Å². The molecule has 1 fully saturated rings. The Labute approximate surface area is 134 Å². The first-order chi connectivity index (χ1) is 10.9. The van der Waals surface area contributed by atoms with Crippen LogP contribution in [-0.2, 0) is 6.54 Å². The van der Waals surface area contributed by atoms with Gasteiger partial charge >= 0.3 is 0 Å². The van der Waals surface area contributed by atoms with Gasteiger partial charge in [-0.25, -0.2) is 4.98 Å². The van der Waals surface area contributed by atoms with Crippen LogP contribution in [0.3, 0.4) is 0 Å². The molecule has 0 bridgehead atoms. The SMILES string of the molecule is c1cc(CN2CCN(c3nccs3)CC2)c2c(c1)OCCO2. The van der Waals surface area contributed by atoms with Gasteiger partial charge in [0.1, 0.15) is 13.2 Å². The van der Waals surface area contributed by atoms with Crippen molar-refractivity contribution in [2.45, 2.75) is 6.54 Å². The quantitative estimate of drug-likeness (QED) is 0.868. The van der Waals surface area contributed by atoms with E-state index in [1.807, 2.05) is 17.6 Å². The predicted octanol–water partition coefficient (Wildman–Crippen LogP) is 2.24. The Hall–Kier alpha value is -1.79. The fourth-order valence-corrected chi connectivity index (χ4v) is 3.67. The van der Waals surface area contributed by atoms with Crippen LogP contribution in [0.2, 0.25) is 0 Å². The van der Waals surface area contributed by atoms with E-state index < -0.39 is 0 Å². The number of piperazine rings is 1. The van der Waals surface area contributed by atoms with Gasteiger partial charge in [-0.15, -0.1) is 11.3 Å². The molecule has 2 aliphatic heterocycles. The zero-order valence-corrected chi connectivity index (χ0v) is 13.2. The molecule has 1 saturated heterocycles. The number of hydrogen-bond donors (Lipinski definition) is 0. The van der Waals surface area contributed by atoms with E-state index >= 15 is 0 Å². The van der Waals surface area contributed by atoms with Gasteiger partial charge in [0.2, 0.25) is 0 Å². The lowest BCUT2D eigenvalue weighted by atomic mass is 10.1. The first-order valence-electron chi connectivity index (χ1n) is 7.64. The summed E-state index contributed by atoms with van der Waals surface area (Å²) in [5.41, 5.74) is 1.22. The van der Waals surface area contributed by atoms with Crippen LogP contribution in [0.15, 0.2) is 29.8 Å². The van der Waals surface area contributed by atoms with Gasteiger partial charge in [0.15, 0.2) is 16.6 Å². The lowest BCUT2D eigenvalue weighted by Gasteiger charge is -2.35. The Morgan fingerprint density at radius 2 is 1.95 bits per heavy atom. The van der Waals surface area contributed by atoms with Crippen molar-refractivity contribution in [2.24, 2.45) is 0 Å². The molecule has 0 spiro atoms. The van der Waals surface area contributed by atoms with Gasteiger partial charge in [-0.05, 0) is 6.07 Å². The molecule has 6 heteroatoms. The van der Waals surface area contributed by atoms with Gasteiger partial charge in [0.05, 0.1) is 0 Å². The molecule has 0 N–H and O–H groups in total. The Bertz CT molecular complexity index is 624. The summed E-state index contributed by atoms with van der Waals surface area (Å²) >= 11 is 1.71. The molecule has 5 nitrogen and oxygen atoms in total. The maximum Gasteiger partial charge on any atom is 0.185 e. The molecule has 4 rings (SSSR count). The predicted molar refractivity (Wildman–Crippen MR) is 87.0 cm³/mol. The zero-order valence-electron chi connectivity index (χ0n) is 12.4. The number of para-hydroxylation sites is 1. The van der Waals surface area contributed by atoms with Gasteiger partial charge in [-0.2, -0.15) is 0 Å². The average molecular weight is 317 g/mol. The fraction of sp³-hybridized carbons (Fsp3) is 0.438. The number of aromatic nitrogens is 1. The van der Waals surface area contributed by atoms with E-state index in [-0.39, 0.29) is 0 Å². The van der Waals surface area contributed by atoms with Crippen LogP contribution in [0.25, 0.3) is 0 Å². The maximum absolute atomic E-state index is 5.81. The summed E-state index contributed by atoms with van der Waals surface area (Å²) in [6.07, 6.45) is 1.87. The van der Waals surface area contributed by atoms with Crippen LogP contribution in [0.5, 0.6) is 11.5 Å². The first-order valence-corrected chi connectivity index (χ1v) is 8.52. The summed E-state index contributed by atoms with van der Waals surface area (Å²) in [5, 5.41) is 3.17. The number of nitrogens with zero attached hydrogens (tertiary/aromatic N) is 3. The summed E-state index contributed by atoms with van der Waals surface area (Å²) < 4.78 is 11.5. The number of ether oxygens (including phenoxy) is 2. The lowest BCUT2D eigenvalue weighted by molar-refractivity contribution is 0.166. The highest BCUT2D eigenvalue weighted by Crippen LogP contribution is 2.34. The maximum atomic E-state index is 5.81. The van der Waals surface area contributed by atoms with Crippen molar-refractivity contribution in [1.29, 1.82) is 0 Å². The molecule has 1 aromatic heterocycles. The van der Waals surface area contributed by atoms with Crippen molar-refractivity contribution in [1.82, 2.24) is 9.88 Å². The smallest absolute Gasteiger partial charge is 0.185 e. The number of hydrogen-bond acceptors (Lipinski definition) is 6. The molecule has 0 saturated carbocycles. The third-order valence-electron chi connectivity index (χ3n) is 4.10. The summed E-state index contributed by atoms with van der Waals surface area (Å²) in [6.45, 7) is 6.34. The summed E-state index contributed by atoms with van der Waals surface area (Å²) in [7, 11) is 0. The van der Waals surface area contributed by atoms with Crippen molar-refractivity contribution >= 4 is 16.5 Å². The highest BCUT2D eigenvalue weighted by Gasteiger charge is 2.21. The van der Waals surface area contributed by atoms with Crippen molar-refractivity contribution in [3.05, 3.63) is 35.3 Å². The molecule has 0 atom stereocenters.